The Balaban J connectivity index is -0.000000104. The van der Waals surface area contributed by atoms with E-state index in [1.165, 1.54) is 74.5 Å². The van der Waals surface area contributed by atoms with Crippen LogP contribution >= 0.6 is 0 Å². The first-order valence-electron chi connectivity index (χ1n) is 10.6. The smallest absolute Gasteiger partial charge is 1.00 e. The van der Waals surface area contributed by atoms with Crippen LogP contribution in [0.25, 0.3) is 5.73 Å². The molecule has 0 spiro atoms. The molecule has 1 atom stereocenters. The van der Waals surface area contributed by atoms with Crippen LogP contribution in [0.1, 0.15) is 98.8 Å². The van der Waals surface area contributed by atoms with Crippen molar-refractivity contribution < 1.29 is 51.0 Å². The molecule has 1 radical (unpaired) electrons. The first kappa shape index (κ1) is 39.6. The summed E-state index contributed by atoms with van der Waals surface area (Å²) in [7, 11) is 0.750. The molecule has 1 aliphatic rings. The summed E-state index contributed by atoms with van der Waals surface area (Å²) in [5, 5.41) is 0. The molecule has 1 nitrogen and oxygen atoms in total. The van der Waals surface area contributed by atoms with E-state index in [2.05, 4.69) is 53.8 Å². The Labute approximate surface area is 212 Å². The van der Waals surface area contributed by atoms with Crippen LogP contribution in [0, 0.1) is 12.0 Å². The Hall–Kier alpha value is 1.12. The molecule has 0 aromatic carbocycles. The molecule has 0 aromatic heterocycles. The summed E-state index contributed by atoms with van der Waals surface area (Å²) >= 11 is 0. The number of nitrogens with one attached hydrogen (secondary N) is 1. The summed E-state index contributed by atoms with van der Waals surface area (Å²) in [6.07, 6.45) is 17.0. The van der Waals surface area contributed by atoms with Crippen LogP contribution in [-0.2, 0) is 26.2 Å². The zero-order valence-corrected chi connectivity index (χ0v) is 24.8. The van der Waals surface area contributed by atoms with Crippen molar-refractivity contribution in [3.8, 4) is 0 Å². The van der Waals surface area contributed by atoms with Crippen molar-refractivity contribution >= 4 is 9.52 Å². The Kier molecular flexibility index (Phi) is 42.9. The summed E-state index contributed by atoms with van der Waals surface area (Å²) in [5.41, 5.74) is 11.2. The molecule has 5 heteroatoms. The van der Waals surface area contributed by atoms with E-state index in [4.69, 9.17) is 5.73 Å². The number of rotatable bonds is 10. The quantitative estimate of drug-likeness (QED) is 0.237. The van der Waals surface area contributed by atoms with Crippen LogP contribution in [0.5, 0.6) is 0 Å². The molecule has 0 heterocycles. The fraction of sp³-hybridized carbons (Fsp3) is 0.826. The fourth-order valence-corrected chi connectivity index (χ4v) is 2.77. The molecule has 0 saturated carbocycles. The van der Waals surface area contributed by atoms with Crippen molar-refractivity contribution in [2.24, 2.45) is 5.92 Å². The molecular weight excluding hydrogens is 480 g/mol. The number of halogens is 2. The van der Waals surface area contributed by atoms with E-state index in [0.717, 1.165) is 15.9 Å². The van der Waals surface area contributed by atoms with Gasteiger partial charge in [0.1, 0.15) is 0 Å². The zero-order chi connectivity index (χ0) is 19.5. The largest absolute Gasteiger partial charge is 4.00 e. The molecule has 165 valence electrons. The van der Waals surface area contributed by atoms with Gasteiger partial charge in [0.25, 0.3) is 0 Å². The molecule has 0 aromatic rings. The maximum atomic E-state index is 7.00. The molecule has 0 aliphatic heterocycles. The zero-order valence-electron chi connectivity index (χ0n) is 19.7. The van der Waals surface area contributed by atoms with Gasteiger partial charge in [-0.15, -0.1) is 6.92 Å². The van der Waals surface area contributed by atoms with Gasteiger partial charge in [0.2, 0.25) is 0 Å². The molecule has 0 bridgehead atoms. The van der Waals surface area contributed by atoms with Gasteiger partial charge in [-0.2, -0.15) is 17.7 Å². The number of allylic oxidation sites excluding steroid dienone is 4. The molecule has 1 aliphatic carbocycles. The predicted octanol–water partition coefficient (Wildman–Crippen LogP) is 2.21. The number of unbranched alkanes of at least 4 members (excludes halogenated alkanes) is 9. The van der Waals surface area contributed by atoms with E-state index in [1.54, 1.807) is 0 Å². The molecule has 1 unspecified atom stereocenters. The predicted molar refractivity (Wildman–Crippen MR) is 120 cm³/mol. The van der Waals surface area contributed by atoms with E-state index in [0.29, 0.717) is 12.5 Å². The fourth-order valence-electron chi connectivity index (χ4n) is 2.77. The van der Waals surface area contributed by atoms with Crippen LogP contribution in [-0.4, -0.2) is 16.1 Å². The minimum absolute atomic E-state index is 0. The summed E-state index contributed by atoms with van der Waals surface area (Å²) in [5.74, 6) is 0.560. The summed E-state index contributed by atoms with van der Waals surface area (Å²) in [6, 6.07) is 0. The SMILES string of the molecule is CC1=[C-]C(C)C(C)=C1C.CCCCCCCCCCCC[NH-].C[SiH]C.[Cl-].[Cl-].[Zr+4]. The molecule has 1 rings (SSSR count). The molecule has 0 fully saturated rings. The monoisotopic (exact) mass is 524 g/mol. The third kappa shape index (κ3) is 25.2. The Morgan fingerprint density at radius 1 is 0.821 bits per heavy atom. The maximum absolute atomic E-state index is 7.00. The molecule has 0 amide bonds. The van der Waals surface area contributed by atoms with Gasteiger partial charge in [0.15, 0.2) is 0 Å². The van der Waals surface area contributed by atoms with Gasteiger partial charge in [-0.1, -0.05) is 111 Å². The van der Waals surface area contributed by atoms with Crippen molar-refractivity contribution in [2.45, 2.75) is 112 Å². The second-order valence-corrected chi connectivity index (χ2v) is 8.46. The van der Waals surface area contributed by atoms with E-state index in [9.17, 15) is 0 Å². The maximum Gasteiger partial charge on any atom is 4.00 e. The van der Waals surface area contributed by atoms with E-state index in [-0.39, 0.29) is 51.0 Å². The van der Waals surface area contributed by atoms with Crippen LogP contribution in [0.3, 0.4) is 0 Å². The van der Waals surface area contributed by atoms with Crippen LogP contribution in [0.4, 0.5) is 0 Å². The Bertz CT molecular complexity index is 351. The van der Waals surface area contributed by atoms with Gasteiger partial charge in [0, 0.05) is 9.52 Å². The molecule has 0 saturated heterocycles. The third-order valence-electron chi connectivity index (χ3n) is 4.77. The van der Waals surface area contributed by atoms with Gasteiger partial charge in [0.05, 0.1) is 0 Å². The van der Waals surface area contributed by atoms with Crippen molar-refractivity contribution in [3.05, 3.63) is 28.5 Å². The second-order valence-electron chi connectivity index (χ2n) is 7.31. The van der Waals surface area contributed by atoms with Crippen molar-refractivity contribution in [3.63, 3.8) is 0 Å². The third-order valence-corrected chi connectivity index (χ3v) is 4.77. The Morgan fingerprint density at radius 3 is 1.39 bits per heavy atom. The van der Waals surface area contributed by atoms with Gasteiger partial charge in [-0.05, 0) is 0 Å². The summed E-state index contributed by atoms with van der Waals surface area (Å²) in [4.78, 5) is 0. The number of hydrogen-bond donors (Lipinski definition) is 0. The van der Waals surface area contributed by atoms with Crippen LogP contribution < -0.4 is 24.8 Å². The van der Waals surface area contributed by atoms with E-state index in [1.807, 2.05) is 0 Å². The minimum atomic E-state index is 0. The van der Waals surface area contributed by atoms with Crippen molar-refractivity contribution in [2.75, 3.05) is 6.54 Å². The van der Waals surface area contributed by atoms with Gasteiger partial charge in [-0.3, -0.25) is 6.08 Å². The van der Waals surface area contributed by atoms with Gasteiger partial charge in [-0.25, -0.2) is 5.57 Å². The number of hydrogen-bond acceptors (Lipinski definition) is 0. The van der Waals surface area contributed by atoms with Crippen molar-refractivity contribution in [1.82, 2.24) is 0 Å². The summed E-state index contributed by atoms with van der Waals surface area (Å²) in [6.45, 7) is 16.0. The molecular formula is C23H46Cl2NSiZr. The van der Waals surface area contributed by atoms with Crippen LogP contribution in [0.2, 0.25) is 13.1 Å². The average molecular weight is 527 g/mol. The molecule has 1 N–H and O–H groups in total. The van der Waals surface area contributed by atoms with Crippen LogP contribution in [0.15, 0.2) is 16.7 Å². The standard InChI is InChI=1S/C12H26N.C9H13.C2H7Si.2ClH.Zr/c1-2-3-4-5-6-7-8-9-10-11-12-13;1-6-5-7(2)9(4)8(6)3;1-3-2;;;/h13H,2-12H2,1H3;6H,1-4H3;3H,1-2H3;2*1H;/q2*-1;;;;+4/p-2. The molecule has 28 heavy (non-hydrogen) atoms. The average Bonchev–Trinajstić information content (AvgIpc) is 2.81. The second kappa shape index (κ2) is 30.3. The van der Waals surface area contributed by atoms with Gasteiger partial charge < -0.3 is 30.5 Å². The van der Waals surface area contributed by atoms with Crippen molar-refractivity contribution in [1.29, 1.82) is 0 Å². The van der Waals surface area contributed by atoms with Gasteiger partial charge >= 0.3 is 26.2 Å². The first-order valence-corrected chi connectivity index (χ1v) is 12.9. The summed E-state index contributed by atoms with van der Waals surface area (Å²) < 4.78 is 0. The van der Waals surface area contributed by atoms with E-state index < -0.39 is 0 Å². The Morgan fingerprint density at radius 2 is 1.18 bits per heavy atom. The first-order chi connectivity index (χ1) is 12.0. The van der Waals surface area contributed by atoms with E-state index >= 15 is 0 Å². The topological polar surface area (TPSA) is 23.8 Å². The minimum Gasteiger partial charge on any atom is -1.00 e. The normalized spacial score (nSPS) is 14.3.